The number of phosphoric ester groups is 1. The lowest BCUT2D eigenvalue weighted by Crippen LogP contribution is -2.29. The van der Waals surface area contributed by atoms with Crippen LogP contribution in [0, 0.1) is 11.8 Å². The van der Waals surface area contributed by atoms with Crippen LogP contribution in [0.4, 0.5) is 0 Å². The molecule has 1 fully saturated rings. The van der Waals surface area contributed by atoms with Crippen LogP contribution in [0.3, 0.4) is 0 Å². The zero-order valence-electron chi connectivity index (χ0n) is 34.6. The zero-order valence-corrected chi connectivity index (χ0v) is 35.5. The molecule has 328 valence electrons. The molecule has 0 aromatic rings. The van der Waals surface area contributed by atoms with Gasteiger partial charge in [-0.05, 0) is 31.6 Å². The number of aliphatic hydroxyl groups is 4. The Morgan fingerprint density at radius 3 is 1.86 bits per heavy atom. The maximum Gasteiger partial charge on any atom is 0.472 e. The van der Waals surface area contributed by atoms with Crippen LogP contribution in [0.5, 0.6) is 0 Å². The molecule has 1 aliphatic carbocycles. The van der Waals surface area contributed by atoms with Crippen molar-refractivity contribution in [1.82, 2.24) is 0 Å². The first kappa shape index (κ1) is 52.3. The van der Waals surface area contributed by atoms with Crippen LogP contribution in [0.25, 0.3) is 0 Å². The molecule has 0 aliphatic heterocycles. The first-order valence-corrected chi connectivity index (χ1v) is 23.2. The molecule has 0 saturated heterocycles. The Bertz CT molecular complexity index is 1100. The van der Waals surface area contributed by atoms with Crippen LogP contribution in [-0.2, 0) is 37.5 Å². The quantitative estimate of drug-likeness (QED) is 0.0176. The summed E-state index contributed by atoms with van der Waals surface area (Å²) in [7, 11) is -4.68. The second kappa shape index (κ2) is 33.2. The lowest BCUT2D eigenvalue weighted by atomic mass is 9.88. The average molecular weight is 821 g/mol. The minimum atomic E-state index is -4.68. The van der Waals surface area contributed by atoms with Gasteiger partial charge in [-0.2, -0.15) is 0 Å². The van der Waals surface area contributed by atoms with Gasteiger partial charge in [0, 0.05) is 25.2 Å². The molecular formula is C42H77O13P. The van der Waals surface area contributed by atoms with Gasteiger partial charge in [-0.1, -0.05) is 142 Å². The molecule has 0 aromatic carbocycles. The Morgan fingerprint density at radius 1 is 0.750 bits per heavy atom. The maximum absolute atomic E-state index is 12.7. The van der Waals surface area contributed by atoms with Crippen molar-refractivity contribution in [2.75, 3.05) is 26.4 Å². The normalized spacial score (nSPS) is 19.9. The lowest BCUT2D eigenvalue weighted by Gasteiger charge is -2.20. The molecule has 0 radical (unpaired) electrons. The molecule has 56 heavy (non-hydrogen) atoms. The zero-order chi connectivity index (χ0) is 41.4. The number of ether oxygens (including phenoxy) is 2. The fourth-order valence-corrected chi connectivity index (χ4v) is 7.69. The van der Waals surface area contributed by atoms with Gasteiger partial charge in [0.15, 0.2) is 6.10 Å². The maximum atomic E-state index is 12.7. The summed E-state index contributed by atoms with van der Waals surface area (Å²) in [5.74, 6) is -1.72. The average Bonchev–Trinajstić information content (AvgIpc) is 3.44. The molecule has 1 unspecified atom stereocenters. The third kappa shape index (κ3) is 27.1. The van der Waals surface area contributed by atoms with Gasteiger partial charge in [0.25, 0.3) is 0 Å². The number of hydrogen-bond acceptors (Lipinski definition) is 12. The van der Waals surface area contributed by atoms with E-state index in [-0.39, 0.29) is 37.6 Å². The Morgan fingerprint density at radius 2 is 1.27 bits per heavy atom. The number of allylic oxidation sites excluding steroid dienone is 1. The van der Waals surface area contributed by atoms with Crippen LogP contribution in [0.1, 0.15) is 174 Å². The smallest absolute Gasteiger partial charge is 0.462 e. The number of aliphatic hydroxyl groups excluding tert-OH is 4. The van der Waals surface area contributed by atoms with E-state index in [2.05, 4.69) is 18.4 Å². The van der Waals surface area contributed by atoms with E-state index >= 15 is 0 Å². The SMILES string of the molecule is CCCCCCCCCCCCCCCC(=O)OC[C@H](COP(=O)(O)OC[C@@H](O)CO)OC(=O)CCCCCC[C@H]1[C@@H](O)CC(=O)[C@@H]1/C=C/[C@@H](O)CCCCC. The summed E-state index contributed by atoms with van der Waals surface area (Å²) in [6.45, 7) is 2.01. The van der Waals surface area contributed by atoms with Crippen molar-refractivity contribution >= 4 is 25.5 Å². The summed E-state index contributed by atoms with van der Waals surface area (Å²) < 4.78 is 32.7. The van der Waals surface area contributed by atoms with E-state index in [0.717, 1.165) is 51.4 Å². The minimum Gasteiger partial charge on any atom is -0.462 e. The molecule has 1 rings (SSSR count). The molecule has 1 saturated carbocycles. The number of rotatable bonds is 37. The molecule has 0 spiro atoms. The Hall–Kier alpha value is -1.70. The number of ketones is 1. The number of carbonyl (C=O) groups is 3. The summed E-state index contributed by atoms with van der Waals surface area (Å²) in [5, 5.41) is 39.1. The second-order valence-corrected chi connectivity index (χ2v) is 17.0. The van der Waals surface area contributed by atoms with Crippen LogP contribution < -0.4 is 0 Å². The summed E-state index contributed by atoms with van der Waals surface area (Å²) in [6.07, 6.45) is 22.2. The second-order valence-electron chi connectivity index (χ2n) is 15.5. The van der Waals surface area contributed by atoms with Gasteiger partial charge in [-0.25, -0.2) is 4.57 Å². The Balaban J connectivity index is 2.46. The van der Waals surface area contributed by atoms with E-state index in [1.165, 1.54) is 57.8 Å². The number of unbranched alkanes of at least 4 members (excludes halogenated alkanes) is 17. The third-order valence-electron chi connectivity index (χ3n) is 10.3. The van der Waals surface area contributed by atoms with E-state index in [4.69, 9.17) is 19.1 Å². The van der Waals surface area contributed by atoms with Crippen molar-refractivity contribution in [1.29, 1.82) is 0 Å². The number of hydrogen-bond donors (Lipinski definition) is 5. The van der Waals surface area contributed by atoms with Gasteiger partial charge >= 0.3 is 19.8 Å². The van der Waals surface area contributed by atoms with Crippen molar-refractivity contribution < 1.29 is 62.8 Å². The van der Waals surface area contributed by atoms with E-state index in [1.807, 2.05) is 0 Å². The van der Waals surface area contributed by atoms with E-state index in [1.54, 1.807) is 12.2 Å². The Kier molecular flexibility index (Phi) is 31.0. The van der Waals surface area contributed by atoms with Crippen LogP contribution >= 0.6 is 7.82 Å². The summed E-state index contributed by atoms with van der Waals surface area (Å²) in [4.78, 5) is 47.7. The van der Waals surface area contributed by atoms with Gasteiger partial charge in [-0.15, -0.1) is 0 Å². The van der Waals surface area contributed by atoms with Crippen molar-refractivity contribution in [2.45, 2.75) is 199 Å². The molecule has 5 N–H and O–H groups in total. The van der Waals surface area contributed by atoms with Gasteiger partial charge in [-0.3, -0.25) is 23.4 Å². The van der Waals surface area contributed by atoms with Crippen molar-refractivity contribution in [3.63, 3.8) is 0 Å². The van der Waals surface area contributed by atoms with Gasteiger partial charge < -0.3 is 34.8 Å². The van der Waals surface area contributed by atoms with E-state index < -0.39 is 69.9 Å². The van der Waals surface area contributed by atoms with Gasteiger partial charge in [0.2, 0.25) is 0 Å². The number of carbonyl (C=O) groups excluding carboxylic acids is 3. The van der Waals surface area contributed by atoms with Crippen LogP contribution in [-0.4, -0.2) is 93.9 Å². The fourth-order valence-electron chi connectivity index (χ4n) is 6.90. The van der Waals surface area contributed by atoms with E-state index in [0.29, 0.717) is 32.1 Å². The highest BCUT2D eigenvalue weighted by atomic mass is 31.2. The molecule has 13 nitrogen and oxygen atoms in total. The summed E-state index contributed by atoms with van der Waals surface area (Å²) in [5.41, 5.74) is 0. The van der Waals surface area contributed by atoms with E-state index in [9.17, 15) is 39.2 Å². The molecule has 0 amide bonds. The van der Waals surface area contributed by atoms with Crippen LogP contribution in [0.2, 0.25) is 0 Å². The number of Topliss-reactive ketones (excluding diaryl/α,β-unsaturated/α-hetero) is 1. The summed E-state index contributed by atoms with van der Waals surface area (Å²) >= 11 is 0. The monoisotopic (exact) mass is 821 g/mol. The predicted octanol–water partition coefficient (Wildman–Crippen LogP) is 7.81. The topological polar surface area (TPSA) is 206 Å². The lowest BCUT2D eigenvalue weighted by molar-refractivity contribution is -0.161. The highest BCUT2D eigenvalue weighted by molar-refractivity contribution is 7.47. The highest BCUT2D eigenvalue weighted by Gasteiger charge is 2.39. The van der Waals surface area contributed by atoms with Crippen LogP contribution in [0.15, 0.2) is 12.2 Å². The molecule has 0 aromatic heterocycles. The predicted molar refractivity (Wildman–Crippen MR) is 216 cm³/mol. The summed E-state index contributed by atoms with van der Waals surface area (Å²) in [6, 6.07) is 0. The fraction of sp³-hybridized carbons (Fsp3) is 0.881. The highest BCUT2D eigenvalue weighted by Crippen LogP contribution is 2.43. The molecule has 7 atom stereocenters. The largest absolute Gasteiger partial charge is 0.472 e. The molecule has 0 heterocycles. The molecule has 0 bridgehead atoms. The van der Waals surface area contributed by atoms with Gasteiger partial charge in [0.05, 0.1) is 32.0 Å². The van der Waals surface area contributed by atoms with Crippen molar-refractivity contribution in [3.8, 4) is 0 Å². The Labute approximate surface area is 336 Å². The van der Waals surface area contributed by atoms with Crippen molar-refractivity contribution in [2.24, 2.45) is 11.8 Å². The standard InChI is InChI=1S/C42H77O13P/c1-3-5-7-8-9-10-11-12-13-14-15-16-21-25-41(48)52-32-36(33-54-56(50,51)53-31-35(45)30-43)55-42(49)26-22-18-17-20-24-37-38(40(47)29-39(37)46)28-27-34(44)23-19-6-4-2/h27-28,34-39,43-46H,3-26,29-33H2,1-2H3,(H,50,51)/b28-27+/t34-,35-,36+,37+,38+,39-/m0/s1. The minimum absolute atomic E-state index is 0.0158. The molecule has 14 heteroatoms. The molecule has 1 aliphatic rings. The first-order chi connectivity index (χ1) is 26.9. The number of esters is 2. The third-order valence-corrected chi connectivity index (χ3v) is 11.3. The molecular weight excluding hydrogens is 743 g/mol. The van der Waals surface area contributed by atoms with Crippen molar-refractivity contribution in [3.05, 3.63) is 12.2 Å². The van der Waals surface area contributed by atoms with Gasteiger partial charge in [0.1, 0.15) is 18.5 Å². The first-order valence-electron chi connectivity index (χ1n) is 21.7. The number of phosphoric acid groups is 1.